The van der Waals surface area contributed by atoms with Gasteiger partial charge >= 0.3 is 0 Å². The lowest BCUT2D eigenvalue weighted by atomic mass is 10.0. The largest absolute Gasteiger partial charge is 0.382 e. The zero-order chi connectivity index (χ0) is 40.1. The zero-order valence-corrected chi connectivity index (χ0v) is 32.1. The van der Waals surface area contributed by atoms with Crippen LogP contribution < -0.4 is 21.3 Å². The molecule has 5 amide bonds. The Hall–Kier alpha value is -6.13. The summed E-state index contributed by atoms with van der Waals surface area (Å²) >= 11 is 0. The molecule has 2 aliphatic heterocycles. The highest BCUT2D eigenvalue weighted by Gasteiger charge is 2.45. The third-order valence-corrected chi connectivity index (χ3v) is 10.3. The van der Waals surface area contributed by atoms with Crippen molar-refractivity contribution in [3.8, 4) is 0 Å². The van der Waals surface area contributed by atoms with Crippen molar-refractivity contribution in [2.75, 3.05) is 63.0 Å². The molecule has 4 aromatic rings. The maximum absolute atomic E-state index is 13.3. The van der Waals surface area contributed by atoms with Gasteiger partial charge in [0, 0.05) is 61.0 Å². The fourth-order valence-electron chi connectivity index (χ4n) is 7.47. The zero-order valence-electron chi connectivity index (χ0n) is 32.1. The fraction of sp³-hybridized carbons (Fsp3) is 0.390. The third-order valence-electron chi connectivity index (χ3n) is 10.3. The molecule has 2 fully saturated rings. The molecule has 0 bridgehead atoms. The summed E-state index contributed by atoms with van der Waals surface area (Å²) in [5.41, 5.74) is 4.31. The van der Waals surface area contributed by atoms with Crippen LogP contribution in [0.1, 0.15) is 82.2 Å². The van der Waals surface area contributed by atoms with E-state index in [0.717, 1.165) is 47.3 Å². The van der Waals surface area contributed by atoms with Crippen LogP contribution >= 0.6 is 0 Å². The van der Waals surface area contributed by atoms with Gasteiger partial charge in [0.25, 0.3) is 17.7 Å². The average Bonchev–Trinajstić information content (AvgIpc) is 3.92. The van der Waals surface area contributed by atoms with Crippen LogP contribution in [0, 0.1) is 0 Å². The summed E-state index contributed by atoms with van der Waals surface area (Å²) in [6, 6.07) is 13.5. The van der Waals surface area contributed by atoms with Crippen molar-refractivity contribution in [1.82, 2.24) is 29.7 Å². The van der Waals surface area contributed by atoms with Crippen molar-refractivity contribution in [3.05, 3.63) is 83.8 Å². The highest BCUT2D eigenvalue weighted by atomic mass is 16.5. The number of carbonyl (C=O) groups excluding carboxylic acids is 5. The van der Waals surface area contributed by atoms with Crippen LogP contribution in [0.5, 0.6) is 0 Å². The van der Waals surface area contributed by atoms with Crippen LogP contribution in [0.2, 0.25) is 0 Å². The molecule has 1 saturated carbocycles. The minimum atomic E-state index is -0.873. The molecule has 7 rings (SSSR count). The second-order valence-electron chi connectivity index (χ2n) is 14.5. The van der Waals surface area contributed by atoms with E-state index in [1.165, 1.54) is 0 Å². The lowest BCUT2D eigenvalue weighted by molar-refractivity contribution is -0.125. The quantitative estimate of drug-likeness (QED) is 0.0899. The molecule has 0 spiro atoms. The van der Waals surface area contributed by atoms with Crippen LogP contribution in [0.25, 0.3) is 11.0 Å². The lowest BCUT2D eigenvalue weighted by Crippen LogP contribution is -2.51. The van der Waals surface area contributed by atoms with Crippen molar-refractivity contribution in [1.29, 1.82) is 0 Å². The minimum Gasteiger partial charge on any atom is -0.382 e. The number of nitrogens with zero attached hydrogens (tertiary/aromatic N) is 5. The topological polar surface area (TPSA) is 189 Å². The molecule has 1 atom stereocenters. The summed E-state index contributed by atoms with van der Waals surface area (Å²) in [4.78, 5) is 76.4. The van der Waals surface area contributed by atoms with Crippen LogP contribution in [0.4, 0.5) is 23.0 Å². The van der Waals surface area contributed by atoms with Gasteiger partial charge in [-0.05, 0) is 68.1 Å². The van der Waals surface area contributed by atoms with Gasteiger partial charge in [0.05, 0.1) is 44.0 Å². The summed E-state index contributed by atoms with van der Waals surface area (Å²) in [7, 11) is 3.50. The van der Waals surface area contributed by atoms with E-state index in [2.05, 4.69) is 37.4 Å². The molecule has 16 heteroatoms. The monoisotopic (exact) mass is 777 g/mol. The number of aromatic nitrogens is 3. The lowest BCUT2D eigenvalue weighted by Gasteiger charge is -2.29. The van der Waals surface area contributed by atoms with E-state index in [-0.39, 0.29) is 42.0 Å². The number of allylic oxidation sites excluding steroid dienone is 1. The molecular weight excluding hydrogens is 731 g/mol. The molecule has 2 aromatic heterocycles. The first kappa shape index (κ1) is 39.1. The van der Waals surface area contributed by atoms with Crippen molar-refractivity contribution in [2.24, 2.45) is 0 Å². The van der Waals surface area contributed by atoms with Crippen LogP contribution in [0.15, 0.2) is 67.0 Å². The van der Waals surface area contributed by atoms with Gasteiger partial charge in [-0.3, -0.25) is 28.9 Å². The highest BCUT2D eigenvalue weighted by molar-refractivity contribution is 6.25. The van der Waals surface area contributed by atoms with Crippen LogP contribution in [0.3, 0.4) is 0 Å². The number of anilines is 4. The molecule has 2 aromatic carbocycles. The molecular formula is C41H47N9O7. The second-order valence-corrected chi connectivity index (χ2v) is 14.5. The fourth-order valence-corrected chi connectivity index (χ4v) is 7.47. The minimum absolute atomic E-state index is 0.0590. The first-order valence-electron chi connectivity index (χ1n) is 19.2. The van der Waals surface area contributed by atoms with E-state index < -0.39 is 23.8 Å². The van der Waals surface area contributed by atoms with E-state index in [9.17, 15) is 24.0 Å². The molecule has 0 radical (unpaired) electrons. The first-order chi connectivity index (χ1) is 27.6. The van der Waals surface area contributed by atoms with Gasteiger partial charge < -0.3 is 40.2 Å². The average molecular weight is 778 g/mol. The summed E-state index contributed by atoms with van der Waals surface area (Å²) < 4.78 is 13.3. The number of hydrogen-bond donors (Lipinski definition) is 4. The van der Waals surface area contributed by atoms with Gasteiger partial charge in [0.1, 0.15) is 17.4 Å². The Balaban J connectivity index is 0.809. The highest BCUT2D eigenvalue weighted by Crippen LogP contribution is 2.35. The smallest absolute Gasteiger partial charge is 0.270 e. The van der Waals surface area contributed by atoms with Crippen molar-refractivity contribution < 1.29 is 33.4 Å². The Morgan fingerprint density at radius 2 is 1.68 bits per heavy atom. The molecule has 16 nitrogen and oxygen atoms in total. The van der Waals surface area contributed by atoms with Gasteiger partial charge in [0.2, 0.25) is 17.8 Å². The summed E-state index contributed by atoms with van der Waals surface area (Å²) in [6.45, 7) is 5.25. The molecule has 298 valence electrons. The number of ether oxygens (including phenoxy) is 2. The van der Waals surface area contributed by atoms with Gasteiger partial charge in [-0.15, -0.1) is 0 Å². The number of imide groups is 1. The Morgan fingerprint density at radius 3 is 2.42 bits per heavy atom. The molecule has 4 N–H and O–H groups in total. The third kappa shape index (κ3) is 8.66. The van der Waals surface area contributed by atoms with Gasteiger partial charge in [-0.1, -0.05) is 25.5 Å². The number of fused-ring (bicyclic) bond motifs is 2. The number of hydrogen-bond acceptors (Lipinski definition) is 11. The van der Waals surface area contributed by atoms with Gasteiger partial charge in [-0.2, -0.15) is 4.98 Å². The second kappa shape index (κ2) is 17.3. The predicted molar refractivity (Wildman–Crippen MR) is 213 cm³/mol. The van der Waals surface area contributed by atoms with Crippen molar-refractivity contribution in [2.45, 2.75) is 57.0 Å². The summed E-state index contributed by atoms with van der Waals surface area (Å²) in [5, 5.41) is 12.7. The summed E-state index contributed by atoms with van der Waals surface area (Å²) in [6.07, 6.45) is 6.99. The number of benzene rings is 2. The Bertz CT molecular complexity index is 2190. The van der Waals surface area contributed by atoms with E-state index in [4.69, 9.17) is 14.5 Å². The first-order valence-corrected chi connectivity index (χ1v) is 19.2. The molecule has 57 heavy (non-hydrogen) atoms. The number of piperidine rings is 1. The Labute approximate surface area is 330 Å². The normalized spacial score (nSPS) is 16.9. The standard InChI is InChI=1S/C41H47N9O7/c1-25-11-16-32(37(52)44-25)50-38(53)30-9-6-10-31(35(30)40(50)55)42-18-20-57-22-21-56-19-17-34(51)45-27-12-14-28(15-13-27)46-41-43-24-26-23-33(39(54)48(2)3)49(36(26)47-41)29-7-4-5-8-29/h6,9-10,12-15,23-24,29,32,42H,1,4-5,7-8,11,16-22H2,2-3H3,(H,44,52)(H,45,51)(H,43,46,47). The maximum Gasteiger partial charge on any atom is 0.270 e. The summed E-state index contributed by atoms with van der Waals surface area (Å²) in [5.74, 6) is -1.23. The van der Waals surface area contributed by atoms with E-state index >= 15 is 0 Å². The Morgan fingerprint density at radius 1 is 0.947 bits per heavy atom. The SMILES string of the molecule is C=C1CCC(N2C(=O)c3cccc(NCCOCCOCCC(=O)Nc4ccc(Nc5ncc6cc(C(=O)N(C)C)n(C7CCCC7)c6n5)cc4)c3C2=O)C(=O)N1. The molecule has 1 unspecified atom stereocenters. The number of amides is 5. The molecule has 4 heterocycles. The van der Waals surface area contributed by atoms with E-state index in [1.54, 1.807) is 55.5 Å². The van der Waals surface area contributed by atoms with E-state index in [0.29, 0.717) is 67.9 Å². The number of carbonyl (C=O) groups is 5. The molecule has 1 aliphatic carbocycles. The van der Waals surface area contributed by atoms with Crippen LogP contribution in [-0.2, 0) is 19.1 Å². The number of nitrogens with one attached hydrogen (secondary N) is 4. The van der Waals surface area contributed by atoms with Crippen molar-refractivity contribution >= 4 is 63.6 Å². The number of rotatable bonds is 16. The van der Waals surface area contributed by atoms with Crippen molar-refractivity contribution in [3.63, 3.8) is 0 Å². The van der Waals surface area contributed by atoms with Crippen LogP contribution in [-0.4, -0.2) is 107 Å². The van der Waals surface area contributed by atoms with Gasteiger partial charge in [-0.25, -0.2) is 4.98 Å². The molecule has 1 saturated heterocycles. The predicted octanol–water partition coefficient (Wildman–Crippen LogP) is 4.85. The van der Waals surface area contributed by atoms with E-state index in [1.807, 2.05) is 18.2 Å². The Kier molecular flexibility index (Phi) is 11.9. The molecule has 3 aliphatic rings. The maximum atomic E-state index is 13.3. The van der Waals surface area contributed by atoms with Gasteiger partial charge in [0.15, 0.2) is 0 Å².